The minimum Gasteiger partial charge on any atom is -0.324 e. The highest BCUT2D eigenvalue weighted by Gasteiger charge is 2.49. The van der Waals surface area contributed by atoms with Gasteiger partial charge in [-0.1, -0.05) is 36.4 Å². The fraction of sp³-hybridized carbons (Fsp3) is 0.143. The molecule has 1 aliphatic rings. The van der Waals surface area contributed by atoms with Crippen LogP contribution in [0.4, 0.5) is 10.5 Å². The number of hydrogen-bond acceptors (Lipinski definition) is 4. The fourth-order valence-corrected chi connectivity index (χ4v) is 3.32. The van der Waals surface area contributed by atoms with Gasteiger partial charge in [0.1, 0.15) is 12.1 Å². The first-order valence-electron chi connectivity index (χ1n) is 8.81. The summed E-state index contributed by atoms with van der Waals surface area (Å²) in [5.41, 5.74) is -0.0103. The maximum Gasteiger partial charge on any atom is 0.325 e. The quantitative estimate of drug-likeness (QED) is 0.687. The van der Waals surface area contributed by atoms with E-state index in [2.05, 4.69) is 15.6 Å². The summed E-state index contributed by atoms with van der Waals surface area (Å²) in [5.74, 6) is -0.921. The van der Waals surface area contributed by atoms with Crippen molar-refractivity contribution < 1.29 is 14.4 Å². The average Bonchev–Trinajstić information content (AvgIpc) is 2.92. The number of benzene rings is 2. The first kappa shape index (κ1) is 17.7. The van der Waals surface area contributed by atoms with Crippen molar-refractivity contribution in [1.29, 1.82) is 0 Å². The van der Waals surface area contributed by atoms with Crippen molar-refractivity contribution in [3.63, 3.8) is 0 Å². The number of urea groups is 1. The van der Waals surface area contributed by atoms with Gasteiger partial charge in [0.2, 0.25) is 5.91 Å². The van der Waals surface area contributed by atoms with Crippen LogP contribution in [0.2, 0.25) is 0 Å². The molecule has 1 aliphatic heterocycles. The van der Waals surface area contributed by atoms with E-state index in [9.17, 15) is 14.4 Å². The molecule has 0 radical (unpaired) electrons. The van der Waals surface area contributed by atoms with E-state index in [4.69, 9.17) is 0 Å². The van der Waals surface area contributed by atoms with Gasteiger partial charge in [-0.3, -0.25) is 19.5 Å². The second-order valence-corrected chi connectivity index (χ2v) is 6.79. The topological polar surface area (TPSA) is 91.4 Å². The molecule has 0 unspecified atom stereocenters. The predicted molar refractivity (Wildman–Crippen MR) is 104 cm³/mol. The first-order valence-corrected chi connectivity index (χ1v) is 8.81. The minimum absolute atomic E-state index is 0.365. The van der Waals surface area contributed by atoms with Crippen LogP contribution in [0.25, 0.3) is 10.8 Å². The van der Waals surface area contributed by atoms with E-state index in [0.717, 1.165) is 15.7 Å². The Bertz CT molecular complexity index is 1080. The maximum absolute atomic E-state index is 13.0. The summed E-state index contributed by atoms with van der Waals surface area (Å²) in [5, 5.41) is 7.39. The molecule has 3 aromatic rings. The molecule has 7 heteroatoms. The Morgan fingerprint density at radius 3 is 2.54 bits per heavy atom. The van der Waals surface area contributed by atoms with Crippen LogP contribution in [0.3, 0.4) is 0 Å². The van der Waals surface area contributed by atoms with Gasteiger partial charge in [0.05, 0.1) is 0 Å². The van der Waals surface area contributed by atoms with Gasteiger partial charge in [0, 0.05) is 18.1 Å². The largest absolute Gasteiger partial charge is 0.325 e. The molecule has 0 aliphatic carbocycles. The molecule has 4 amide bonds. The van der Waals surface area contributed by atoms with Crippen molar-refractivity contribution in [2.24, 2.45) is 0 Å². The minimum atomic E-state index is -1.22. The van der Waals surface area contributed by atoms with Crippen LogP contribution in [0, 0.1) is 0 Å². The fourth-order valence-electron chi connectivity index (χ4n) is 3.32. The zero-order valence-electron chi connectivity index (χ0n) is 15.2. The number of rotatable bonds is 4. The van der Waals surface area contributed by atoms with Crippen molar-refractivity contribution in [2.75, 3.05) is 11.9 Å². The molecule has 1 atom stereocenters. The molecule has 1 fully saturated rings. The predicted octanol–water partition coefficient (Wildman–Crippen LogP) is 2.64. The van der Waals surface area contributed by atoms with Gasteiger partial charge in [-0.15, -0.1) is 0 Å². The molecule has 1 saturated heterocycles. The normalized spacial score (nSPS) is 19.0. The summed E-state index contributed by atoms with van der Waals surface area (Å²) >= 11 is 0. The van der Waals surface area contributed by atoms with E-state index in [1.807, 2.05) is 42.5 Å². The van der Waals surface area contributed by atoms with Crippen LogP contribution in [0.1, 0.15) is 12.5 Å². The SMILES string of the molecule is C[C@@]1(c2ccc3ccccc3c2)NC(=O)N(CC(=O)Nc2ccncc2)C1=O. The lowest BCUT2D eigenvalue weighted by molar-refractivity contribution is -0.133. The van der Waals surface area contributed by atoms with E-state index >= 15 is 0 Å². The standard InChI is InChI=1S/C21H18N4O3/c1-21(16-7-6-14-4-2-3-5-15(14)12-16)19(27)25(20(28)24-21)13-18(26)23-17-8-10-22-11-9-17/h2-12H,13H2,1H3,(H,24,28)(H,22,23,26)/t21-/m0/s1. The maximum atomic E-state index is 13.0. The van der Waals surface area contributed by atoms with Gasteiger partial charge < -0.3 is 10.6 Å². The molecule has 2 aromatic carbocycles. The number of imide groups is 1. The van der Waals surface area contributed by atoms with Crippen LogP contribution in [0.15, 0.2) is 67.0 Å². The Morgan fingerprint density at radius 2 is 1.79 bits per heavy atom. The lowest BCUT2D eigenvalue weighted by Gasteiger charge is -2.22. The van der Waals surface area contributed by atoms with Crippen LogP contribution < -0.4 is 10.6 Å². The third-order valence-corrected chi connectivity index (χ3v) is 4.87. The van der Waals surface area contributed by atoms with Gasteiger partial charge in [-0.05, 0) is 41.5 Å². The second kappa shape index (κ2) is 6.77. The number of nitrogens with one attached hydrogen (secondary N) is 2. The van der Waals surface area contributed by atoms with Crippen molar-refractivity contribution >= 4 is 34.3 Å². The lowest BCUT2D eigenvalue weighted by atomic mass is 9.90. The number of hydrogen-bond donors (Lipinski definition) is 2. The number of nitrogens with zero attached hydrogens (tertiary/aromatic N) is 2. The molecule has 2 N–H and O–H groups in total. The zero-order chi connectivity index (χ0) is 19.7. The van der Waals surface area contributed by atoms with Crippen LogP contribution in [0.5, 0.6) is 0 Å². The zero-order valence-corrected chi connectivity index (χ0v) is 15.2. The second-order valence-electron chi connectivity index (χ2n) is 6.79. The number of pyridine rings is 1. The van der Waals surface area contributed by atoms with Crippen molar-refractivity contribution in [2.45, 2.75) is 12.5 Å². The monoisotopic (exact) mass is 374 g/mol. The first-order chi connectivity index (χ1) is 13.5. The smallest absolute Gasteiger partial charge is 0.324 e. The summed E-state index contributed by atoms with van der Waals surface area (Å²) in [4.78, 5) is 42.5. The number of fused-ring (bicyclic) bond motifs is 1. The molecule has 4 rings (SSSR count). The van der Waals surface area contributed by atoms with Gasteiger partial charge in [-0.2, -0.15) is 0 Å². The third kappa shape index (κ3) is 3.07. The summed E-state index contributed by atoms with van der Waals surface area (Å²) in [6.07, 6.45) is 3.08. The van der Waals surface area contributed by atoms with E-state index in [1.165, 1.54) is 0 Å². The van der Waals surface area contributed by atoms with Gasteiger partial charge in [0.15, 0.2) is 0 Å². The van der Waals surface area contributed by atoms with Crippen molar-refractivity contribution in [3.8, 4) is 0 Å². The number of aromatic nitrogens is 1. The average molecular weight is 374 g/mol. The Kier molecular flexibility index (Phi) is 4.27. The van der Waals surface area contributed by atoms with Crippen LogP contribution >= 0.6 is 0 Å². The Labute approximate surface area is 161 Å². The number of anilines is 1. The molecule has 0 bridgehead atoms. The van der Waals surface area contributed by atoms with Gasteiger partial charge in [-0.25, -0.2) is 4.79 Å². The number of carbonyl (C=O) groups is 3. The summed E-state index contributed by atoms with van der Waals surface area (Å²) in [6, 6.07) is 16.1. The van der Waals surface area contributed by atoms with Crippen LogP contribution in [-0.4, -0.2) is 34.3 Å². The lowest BCUT2D eigenvalue weighted by Crippen LogP contribution is -2.42. The summed E-state index contributed by atoms with van der Waals surface area (Å²) in [7, 11) is 0. The molecular formula is C21H18N4O3. The Hall–Kier alpha value is -3.74. The Morgan fingerprint density at radius 1 is 1.07 bits per heavy atom. The molecule has 0 spiro atoms. The molecule has 140 valence electrons. The third-order valence-electron chi connectivity index (χ3n) is 4.87. The molecule has 0 saturated carbocycles. The highest BCUT2D eigenvalue weighted by molar-refractivity contribution is 6.10. The van der Waals surface area contributed by atoms with Crippen molar-refractivity contribution in [1.82, 2.24) is 15.2 Å². The van der Waals surface area contributed by atoms with Crippen molar-refractivity contribution in [3.05, 3.63) is 72.6 Å². The molecular weight excluding hydrogens is 356 g/mol. The summed E-state index contributed by atoms with van der Waals surface area (Å²) < 4.78 is 0. The van der Waals surface area contributed by atoms with Crippen LogP contribution in [-0.2, 0) is 15.1 Å². The highest BCUT2D eigenvalue weighted by atomic mass is 16.2. The molecule has 1 aromatic heterocycles. The number of amides is 4. The van der Waals surface area contributed by atoms with Gasteiger partial charge >= 0.3 is 6.03 Å². The summed E-state index contributed by atoms with van der Waals surface area (Å²) in [6.45, 7) is 1.29. The Balaban J connectivity index is 1.56. The van der Waals surface area contributed by atoms with Gasteiger partial charge in [0.25, 0.3) is 5.91 Å². The number of carbonyl (C=O) groups excluding carboxylic acids is 3. The van der Waals surface area contributed by atoms with E-state index in [0.29, 0.717) is 11.3 Å². The van der Waals surface area contributed by atoms with E-state index in [1.54, 1.807) is 31.5 Å². The van der Waals surface area contributed by atoms with E-state index in [-0.39, 0.29) is 6.54 Å². The molecule has 7 nitrogen and oxygen atoms in total. The highest BCUT2D eigenvalue weighted by Crippen LogP contribution is 2.31. The van der Waals surface area contributed by atoms with E-state index < -0.39 is 23.4 Å². The molecule has 28 heavy (non-hydrogen) atoms. The molecule has 2 heterocycles.